The van der Waals surface area contributed by atoms with Crippen molar-refractivity contribution in [3.8, 4) is 0 Å². The van der Waals surface area contributed by atoms with Crippen molar-refractivity contribution in [2.45, 2.75) is 6.54 Å². The molecule has 0 bridgehead atoms. The molecular weight excluding hydrogens is 392 g/mol. The number of benzene rings is 2. The highest BCUT2D eigenvalue weighted by Crippen LogP contribution is 2.28. The second kappa shape index (κ2) is 6.72. The molecule has 1 aliphatic heterocycles. The Morgan fingerprint density at radius 3 is 2.56 bits per heavy atom. The summed E-state index contributed by atoms with van der Waals surface area (Å²) in [6, 6.07) is 9.45. The zero-order valence-electron chi connectivity index (χ0n) is 13.7. The lowest BCUT2D eigenvalue weighted by molar-refractivity contribution is -0.123. The van der Waals surface area contributed by atoms with Crippen molar-refractivity contribution in [2.75, 3.05) is 0 Å². The van der Waals surface area contributed by atoms with Crippen molar-refractivity contribution in [1.82, 2.24) is 15.2 Å². The third-order valence-corrected chi connectivity index (χ3v) is 4.84. The van der Waals surface area contributed by atoms with Gasteiger partial charge in [0.25, 0.3) is 5.91 Å². The highest BCUT2D eigenvalue weighted by atomic mass is 35.5. The summed E-state index contributed by atoms with van der Waals surface area (Å²) in [6.07, 6.45) is 3.06. The summed E-state index contributed by atoms with van der Waals surface area (Å²) in [5.74, 6) is -1.02. The number of urea groups is 1. The first kappa shape index (κ1) is 17.6. The Labute approximate surface area is 163 Å². The monoisotopic (exact) mass is 403 g/mol. The van der Waals surface area contributed by atoms with Crippen LogP contribution in [0.5, 0.6) is 0 Å². The van der Waals surface area contributed by atoms with Gasteiger partial charge in [0.2, 0.25) is 0 Å². The van der Waals surface area contributed by atoms with Gasteiger partial charge in [-0.15, -0.1) is 0 Å². The number of carbonyl (C=O) groups excluding carboxylic acids is 2. The van der Waals surface area contributed by atoms with Crippen LogP contribution in [0, 0.1) is 5.82 Å². The van der Waals surface area contributed by atoms with Crippen molar-refractivity contribution >= 4 is 52.1 Å². The number of rotatable bonds is 3. The molecule has 27 heavy (non-hydrogen) atoms. The average molecular weight is 404 g/mol. The van der Waals surface area contributed by atoms with Crippen LogP contribution in [0.25, 0.3) is 17.0 Å². The molecule has 0 aliphatic carbocycles. The number of H-pyrrole nitrogens is 1. The summed E-state index contributed by atoms with van der Waals surface area (Å²) < 4.78 is 14.1. The molecular formula is C19H12Cl2FN3O2. The molecule has 1 fully saturated rings. The van der Waals surface area contributed by atoms with Crippen LogP contribution >= 0.6 is 23.2 Å². The number of aromatic nitrogens is 1. The number of fused-ring (bicyclic) bond motifs is 1. The highest BCUT2D eigenvalue weighted by Gasteiger charge is 2.33. The molecule has 4 rings (SSSR count). The molecule has 0 spiro atoms. The molecule has 2 N–H and O–H groups in total. The van der Waals surface area contributed by atoms with Gasteiger partial charge >= 0.3 is 6.03 Å². The second-order valence-electron chi connectivity index (χ2n) is 6.03. The SMILES string of the molecule is O=C1N/C(=C\c2c[nH]c3c(F)c(Cl)ccc23)C(=O)N1Cc1ccc(Cl)cc1. The van der Waals surface area contributed by atoms with Crippen LogP contribution in [0.3, 0.4) is 0 Å². The minimum Gasteiger partial charge on any atom is -0.358 e. The molecule has 8 heteroatoms. The van der Waals surface area contributed by atoms with Crippen LogP contribution in [-0.4, -0.2) is 21.8 Å². The van der Waals surface area contributed by atoms with E-state index in [0.717, 1.165) is 10.5 Å². The Kier molecular flexibility index (Phi) is 4.37. The topological polar surface area (TPSA) is 65.2 Å². The number of aromatic amines is 1. The van der Waals surface area contributed by atoms with Crippen molar-refractivity contribution in [2.24, 2.45) is 0 Å². The fourth-order valence-electron chi connectivity index (χ4n) is 2.92. The molecule has 2 heterocycles. The van der Waals surface area contributed by atoms with Gasteiger partial charge in [0.1, 0.15) is 5.70 Å². The second-order valence-corrected chi connectivity index (χ2v) is 6.88. The first-order chi connectivity index (χ1) is 12.9. The fourth-order valence-corrected chi connectivity index (χ4v) is 3.21. The molecule has 3 amide bonds. The third kappa shape index (κ3) is 3.18. The van der Waals surface area contributed by atoms with Gasteiger partial charge in [0.15, 0.2) is 5.82 Å². The quantitative estimate of drug-likeness (QED) is 0.491. The normalized spacial score (nSPS) is 15.8. The largest absolute Gasteiger partial charge is 0.358 e. The van der Waals surface area contributed by atoms with Gasteiger partial charge in [0.05, 0.1) is 17.1 Å². The van der Waals surface area contributed by atoms with E-state index < -0.39 is 17.8 Å². The number of nitrogens with one attached hydrogen (secondary N) is 2. The molecule has 0 saturated carbocycles. The summed E-state index contributed by atoms with van der Waals surface area (Å²) in [5.41, 5.74) is 1.69. The van der Waals surface area contributed by atoms with Crippen molar-refractivity contribution in [3.05, 3.63) is 75.3 Å². The zero-order chi connectivity index (χ0) is 19.1. The van der Waals surface area contributed by atoms with E-state index in [0.29, 0.717) is 16.0 Å². The summed E-state index contributed by atoms with van der Waals surface area (Å²) >= 11 is 11.6. The maximum absolute atomic E-state index is 14.1. The van der Waals surface area contributed by atoms with Gasteiger partial charge in [-0.05, 0) is 29.8 Å². The molecule has 2 aromatic carbocycles. The van der Waals surface area contributed by atoms with Crippen molar-refractivity contribution in [3.63, 3.8) is 0 Å². The molecule has 0 atom stereocenters. The zero-order valence-corrected chi connectivity index (χ0v) is 15.2. The van der Waals surface area contributed by atoms with E-state index in [1.54, 1.807) is 36.5 Å². The van der Waals surface area contributed by atoms with Crippen LogP contribution in [-0.2, 0) is 11.3 Å². The Hall–Kier alpha value is -2.83. The Balaban J connectivity index is 1.63. The molecule has 0 radical (unpaired) electrons. The smallest absolute Gasteiger partial charge is 0.329 e. The first-order valence-electron chi connectivity index (χ1n) is 7.98. The molecule has 5 nitrogen and oxygen atoms in total. The van der Waals surface area contributed by atoms with Crippen LogP contribution in [0.2, 0.25) is 10.0 Å². The molecule has 1 aromatic heterocycles. The predicted octanol–water partition coefficient (Wildman–Crippen LogP) is 4.71. The van der Waals surface area contributed by atoms with Crippen LogP contribution in [0.4, 0.5) is 9.18 Å². The Bertz CT molecular complexity index is 1110. The van der Waals surface area contributed by atoms with Gasteiger partial charge < -0.3 is 10.3 Å². The van der Waals surface area contributed by atoms with Gasteiger partial charge in [-0.3, -0.25) is 9.69 Å². The lowest BCUT2D eigenvalue weighted by Crippen LogP contribution is -2.30. The van der Waals surface area contributed by atoms with E-state index in [9.17, 15) is 14.0 Å². The van der Waals surface area contributed by atoms with E-state index in [1.807, 2.05) is 0 Å². The van der Waals surface area contributed by atoms with Gasteiger partial charge in [0, 0.05) is 22.2 Å². The summed E-state index contributed by atoms with van der Waals surface area (Å²) in [6.45, 7) is 0.122. The summed E-state index contributed by atoms with van der Waals surface area (Å²) in [4.78, 5) is 28.7. The number of amides is 3. The lowest BCUT2D eigenvalue weighted by atomic mass is 10.1. The predicted molar refractivity (Wildman–Crippen MR) is 102 cm³/mol. The van der Waals surface area contributed by atoms with Crippen molar-refractivity contribution in [1.29, 1.82) is 0 Å². The Morgan fingerprint density at radius 2 is 1.81 bits per heavy atom. The number of carbonyl (C=O) groups is 2. The molecule has 3 aromatic rings. The Morgan fingerprint density at radius 1 is 1.07 bits per heavy atom. The van der Waals surface area contributed by atoms with E-state index in [2.05, 4.69) is 10.3 Å². The minimum absolute atomic E-state index is 0.00272. The maximum atomic E-state index is 14.1. The lowest BCUT2D eigenvalue weighted by Gasteiger charge is -2.11. The summed E-state index contributed by atoms with van der Waals surface area (Å²) in [7, 11) is 0. The summed E-state index contributed by atoms with van der Waals surface area (Å²) in [5, 5.41) is 3.69. The van der Waals surface area contributed by atoms with E-state index in [1.165, 1.54) is 12.1 Å². The van der Waals surface area contributed by atoms with Gasteiger partial charge in [-0.2, -0.15) is 0 Å². The van der Waals surface area contributed by atoms with Gasteiger partial charge in [-0.25, -0.2) is 9.18 Å². The number of hydrogen-bond acceptors (Lipinski definition) is 2. The molecule has 136 valence electrons. The van der Waals surface area contributed by atoms with E-state index in [-0.39, 0.29) is 22.8 Å². The van der Waals surface area contributed by atoms with Crippen LogP contribution < -0.4 is 5.32 Å². The maximum Gasteiger partial charge on any atom is 0.329 e. The van der Waals surface area contributed by atoms with E-state index >= 15 is 0 Å². The fraction of sp³-hybridized carbons (Fsp3) is 0.0526. The highest BCUT2D eigenvalue weighted by molar-refractivity contribution is 6.31. The minimum atomic E-state index is -0.565. The number of hydrogen-bond donors (Lipinski definition) is 2. The standard InChI is InChI=1S/C19H12Cl2FN3O2/c20-12-3-1-10(2-4-12)9-25-18(26)15(24-19(25)27)7-11-8-23-17-13(11)5-6-14(21)16(17)22/h1-8,23H,9H2,(H,24,27)/b15-7-. The average Bonchev–Trinajstić information content (AvgIpc) is 3.17. The number of nitrogens with zero attached hydrogens (tertiary/aromatic N) is 1. The molecule has 0 unspecified atom stereocenters. The number of halogens is 3. The number of imide groups is 1. The van der Waals surface area contributed by atoms with Crippen LogP contribution in [0.1, 0.15) is 11.1 Å². The molecule has 1 saturated heterocycles. The van der Waals surface area contributed by atoms with E-state index in [4.69, 9.17) is 23.2 Å². The third-order valence-electron chi connectivity index (χ3n) is 4.29. The first-order valence-corrected chi connectivity index (χ1v) is 8.73. The van der Waals surface area contributed by atoms with Crippen molar-refractivity contribution < 1.29 is 14.0 Å². The van der Waals surface area contributed by atoms with Crippen LogP contribution in [0.15, 0.2) is 48.3 Å². The van der Waals surface area contributed by atoms with Gasteiger partial charge in [-0.1, -0.05) is 41.4 Å². The molecule has 1 aliphatic rings.